The Bertz CT molecular complexity index is 647. The smallest absolute Gasteiger partial charge is 0.172 e. The van der Waals surface area contributed by atoms with Crippen LogP contribution in [0.2, 0.25) is 10.0 Å². The average Bonchev–Trinajstić information content (AvgIpc) is 2.49. The largest absolute Gasteiger partial charge is 0.356 e. The number of anilines is 1. The monoisotopic (exact) mass is 339 g/mol. The van der Waals surface area contributed by atoms with E-state index in [1.54, 1.807) is 6.20 Å². The van der Waals surface area contributed by atoms with Gasteiger partial charge in [0.1, 0.15) is 0 Å². The quantitative estimate of drug-likeness (QED) is 0.791. The van der Waals surface area contributed by atoms with Crippen LogP contribution in [0.25, 0.3) is 0 Å². The van der Waals surface area contributed by atoms with E-state index in [9.17, 15) is 0 Å². The van der Waals surface area contributed by atoms with Gasteiger partial charge in [-0.05, 0) is 37.2 Å². The SMILES string of the molecule is Cc1c(Cl)cnc(NC(=S)NC(C)c2ccccc2)c1Cl. The van der Waals surface area contributed by atoms with E-state index in [0.29, 0.717) is 21.0 Å². The Morgan fingerprint density at radius 1 is 1.24 bits per heavy atom. The van der Waals surface area contributed by atoms with E-state index in [2.05, 4.69) is 15.6 Å². The van der Waals surface area contributed by atoms with Gasteiger partial charge in [-0.1, -0.05) is 53.5 Å². The van der Waals surface area contributed by atoms with Gasteiger partial charge in [-0.3, -0.25) is 0 Å². The molecule has 0 aliphatic heterocycles. The van der Waals surface area contributed by atoms with Gasteiger partial charge in [0.15, 0.2) is 10.9 Å². The number of hydrogen-bond acceptors (Lipinski definition) is 2. The van der Waals surface area contributed by atoms with Crippen molar-refractivity contribution in [3.8, 4) is 0 Å². The number of nitrogens with zero attached hydrogens (tertiary/aromatic N) is 1. The molecule has 2 N–H and O–H groups in total. The Balaban J connectivity index is 2.04. The first-order valence-electron chi connectivity index (χ1n) is 6.42. The minimum Gasteiger partial charge on any atom is -0.356 e. The molecule has 21 heavy (non-hydrogen) atoms. The van der Waals surface area contributed by atoms with Crippen molar-refractivity contribution >= 4 is 46.4 Å². The summed E-state index contributed by atoms with van der Waals surface area (Å²) in [5, 5.41) is 7.65. The summed E-state index contributed by atoms with van der Waals surface area (Å²) in [7, 11) is 0. The minimum absolute atomic E-state index is 0.0818. The third kappa shape index (κ3) is 4.06. The van der Waals surface area contributed by atoms with Crippen LogP contribution in [-0.4, -0.2) is 10.1 Å². The van der Waals surface area contributed by atoms with Gasteiger partial charge in [-0.25, -0.2) is 4.98 Å². The van der Waals surface area contributed by atoms with Gasteiger partial charge in [0.25, 0.3) is 0 Å². The molecule has 0 aliphatic carbocycles. The molecule has 0 fully saturated rings. The topological polar surface area (TPSA) is 37.0 Å². The van der Waals surface area contributed by atoms with Gasteiger partial charge < -0.3 is 10.6 Å². The Hall–Kier alpha value is -1.36. The van der Waals surface area contributed by atoms with Gasteiger partial charge >= 0.3 is 0 Å². The third-order valence-corrected chi connectivity index (χ3v) is 4.14. The van der Waals surface area contributed by atoms with E-state index in [0.717, 1.165) is 11.1 Å². The molecule has 0 spiro atoms. The van der Waals surface area contributed by atoms with Crippen LogP contribution in [0.15, 0.2) is 36.5 Å². The van der Waals surface area contributed by atoms with Gasteiger partial charge in [0, 0.05) is 6.20 Å². The lowest BCUT2D eigenvalue weighted by Gasteiger charge is -2.18. The Kier molecular flexibility index (Phi) is 5.39. The van der Waals surface area contributed by atoms with E-state index in [-0.39, 0.29) is 6.04 Å². The molecule has 0 radical (unpaired) electrons. The predicted octanol–water partition coefficient (Wildman–Crippen LogP) is 4.74. The first-order chi connectivity index (χ1) is 9.99. The number of halogens is 2. The fourth-order valence-corrected chi connectivity index (χ4v) is 2.47. The molecule has 1 unspecified atom stereocenters. The molecular formula is C15H15Cl2N3S. The van der Waals surface area contributed by atoms with E-state index >= 15 is 0 Å². The summed E-state index contributed by atoms with van der Waals surface area (Å²) in [6, 6.07) is 10.1. The fourth-order valence-electron chi connectivity index (χ4n) is 1.81. The van der Waals surface area contributed by atoms with Crippen LogP contribution >= 0.6 is 35.4 Å². The molecule has 1 aromatic carbocycles. The summed E-state index contributed by atoms with van der Waals surface area (Å²) < 4.78 is 0. The van der Waals surface area contributed by atoms with Gasteiger partial charge in [-0.15, -0.1) is 0 Å². The molecule has 0 bridgehead atoms. The van der Waals surface area contributed by atoms with Crippen molar-refractivity contribution in [3.05, 3.63) is 57.7 Å². The molecular weight excluding hydrogens is 325 g/mol. The van der Waals surface area contributed by atoms with E-state index < -0.39 is 0 Å². The summed E-state index contributed by atoms with van der Waals surface area (Å²) in [6.45, 7) is 3.87. The molecule has 0 amide bonds. The molecule has 1 heterocycles. The van der Waals surface area contributed by atoms with Crippen LogP contribution in [0.5, 0.6) is 0 Å². The summed E-state index contributed by atoms with van der Waals surface area (Å²) in [6.07, 6.45) is 1.55. The number of nitrogens with one attached hydrogen (secondary N) is 2. The molecule has 1 aromatic heterocycles. The van der Waals surface area contributed by atoms with Crippen molar-refractivity contribution in [2.24, 2.45) is 0 Å². The van der Waals surface area contributed by atoms with Crippen LogP contribution in [0.4, 0.5) is 5.82 Å². The second kappa shape index (κ2) is 7.07. The van der Waals surface area contributed by atoms with E-state index in [1.165, 1.54) is 0 Å². The van der Waals surface area contributed by atoms with E-state index in [1.807, 2.05) is 44.2 Å². The Labute approximate surface area is 139 Å². The molecule has 3 nitrogen and oxygen atoms in total. The highest BCUT2D eigenvalue weighted by atomic mass is 35.5. The fraction of sp³-hybridized carbons (Fsp3) is 0.200. The van der Waals surface area contributed by atoms with Crippen LogP contribution in [0.3, 0.4) is 0 Å². The van der Waals surface area contributed by atoms with E-state index in [4.69, 9.17) is 35.4 Å². The summed E-state index contributed by atoms with van der Waals surface area (Å²) in [4.78, 5) is 4.16. The zero-order chi connectivity index (χ0) is 15.4. The Morgan fingerprint density at radius 3 is 2.57 bits per heavy atom. The second-order valence-electron chi connectivity index (χ2n) is 4.62. The number of pyridine rings is 1. The van der Waals surface area contributed by atoms with Crippen molar-refractivity contribution in [2.75, 3.05) is 5.32 Å². The standard InChI is InChI=1S/C15H15Cl2N3S/c1-9-12(16)8-18-14(13(9)17)20-15(21)19-10(2)11-6-4-3-5-7-11/h3-8,10H,1-2H3,(H2,18,19,20,21). The maximum atomic E-state index is 6.20. The highest BCUT2D eigenvalue weighted by Crippen LogP contribution is 2.28. The van der Waals surface area contributed by atoms with Crippen molar-refractivity contribution in [1.82, 2.24) is 10.3 Å². The Morgan fingerprint density at radius 2 is 1.90 bits per heavy atom. The van der Waals surface area contributed by atoms with Crippen LogP contribution in [-0.2, 0) is 0 Å². The first kappa shape index (κ1) is 16.0. The molecule has 6 heteroatoms. The van der Waals surface area contributed by atoms with Crippen molar-refractivity contribution in [2.45, 2.75) is 19.9 Å². The number of benzene rings is 1. The molecule has 0 aliphatic rings. The maximum Gasteiger partial charge on any atom is 0.172 e. The zero-order valence-electron chi connectivity index (χ0n) is 11.7. The highest BCUT2D eigenvalue weighted by molar-refractivity contribution is 7.80. The second-order valence-corrected chi connectivity index (χ2v) is 5.82. The van der Waals surface area contributed by atoms with Gasteiger partial charge in [-0.2, -0.15) is 0 Å². The molecule has 0 saturated carbocycles. The molecule has 2 aromatic rings. The predicted molar refractivity (Wildman–Crippen MR) is 93.2 cm³/mol. The maximum absolute atomic E-state index is 6.20. The average molecular weight is 340 g/mol. The van der Waals surface area contributed by atoms with Crippen LogP contribution in [0.1, 0.15) is 24.1 Å². The van der Waals surface area contributed by atoms with Crippen molar-refractivity contribution < 1.29 is 0 Å². The highest BCUT2D eigenvalue weighted by Gasteiger charge is 2.11. The number of thiocarbonyl (C=S) groups is 1. The molecule has 0 saturated heterocycles. The van der Waals surface area contributed by atoms with Crippen LogP contribution < -0.4 is 10.6 Å². The first-order valence-corrected chi connectivity index (χ1v) is 7.58. The summed E-state index contributed by atoms with van der Waals surface area (Å²) in [5.74, 6) is 0.497. The number of aromatic nitrogens is 1. The van der Waals surface area contributed by atoms with Crippen molar-refractivity contribution in [1.29, 1.82) is 0 Å². The lowest BCUT2D eigenvalue weighted by Crippen LogP contribution is -2.31. The third-order valence-electron chi connectivity index (χ3n) is 3.08. The molecule has 2 rings (SSSR count). The summed E-state index contributed by atoms with van der Waals surface area (Å²) >= 11 is 17.5. The lowest BCUT2D eigenvalue weighted by molar-refractivity contribution is 0.722. The van der Waals surface area contributed by atoms with Crippen LogP contribution in [0, 0.1) is 6.92 Å². The number of hydrogen-bond donors (Lipinski definition) is 2. The number of rotatable bonds is 3. The summed E-state index contributed by atoms with van der Waals surface area (Å²) in [5.41, 5.74) is 1.92. The minimum atomic E-state index is 0.0818. The van der Waals surface area contributed by atoms with Gasteiger partial charge in [0.2, 0.25) is 0 Å². The molecule has 110 valence electrons. The lowest BCUT2D eigenvalue weighted by atomic mass is 10.1. The van der Waals surface area contributed by atoms with Crippen molar-refractivity contribution in [3.63, 3.8) is 0 Å². The molecule has 1 atom stereocenters. The zero-order valence-corrected chi connectivity index (χ0v) is 14.0. The normalized spacial score (nSPS) is 11.8. The van der Waals surface area contributed by atoms with Gasteiger partial charge in [0.05, 0.1) is 16.1 Å².